The monoisotopic (exact) mass is 239 g/mol. The third-order valence-corrected chi connectivity index (χ3v) is 3.04. The quantitative estimate of drug-likeness (QED) is 0.766. The number of aromatic nitrogens is 2. The van der Waals surface area contributed by atoms with Crippen LogP contribution in [-0.2, 0) is 0 Å². The van der Waals surface area contributed by atoms with Gasteiger partial charge in [-0.25, -0.2) is 0 Å². The molecule has 1 rings (SSSR count). The molecule has 0 saturated heterocycles. The molecule has 17 heavy (non-hydrogen) atoms. The summed E-state index contributed by atoms with van der Waals surface area (Å²) in [6.45, 7) is 9.73. The van der Waals surface area contributed by atoms with Crippen molar-refractivity contribution in [3.05, 3.63) is 18.0 Å². The van der Waals surface area contributed by atoms with E-state index in [1.165, 1.54) is 5.56 Å². The van der Waals surface area contributed by atoms with E-state index in [-0.39, 0.29) is 6.61 Å². The summed E-state index contributed by atoms with van der Waals surface area (Å²) in [6.07, 6.45) is 4.87. The lowest BCUT2D eigenvalue weighted by molar-refractivity contribution is 0.258. The van der Waals surface area contributed by atoms with E-state index in [2.05, 4.69) is 44.3 Å². The fraction of sp³-hybridized carbons (Fsp3) is 0.769. The van der Waals surface area contributed by atoms with E-state index in [1.807, 2.05) is 10.9 Å². The maximum absolute atomic E-state index is 8.84. The molecule has 0 fully saturated rings. The molecule has 0 spiro atoms. The first-order valence-corrected chi connectivity index (χ1v) is 6.42. The third kappa shape index (κ3) is 4.48. The van der Waals surface area contributed by atoms with Gasteiger partial charge in [-0.3, -0.25) is 4.68 Å². The summed E-state index contributed by atoms with van der Waals surface area (Å²) in [6, 6.07) is 0.716. The molecule has 0 bridgehead atoms. The Morgan fingerprint density at radius 3 is 2.59 bits per heavy atom. The molecule has 0 aliphatic heterocycles. The molecule has 2 N–H and O–H groups in total. The topological polar surface area (TPSA) is 50.1 Å². The van der Waals surface area contributed by atoms with Gasteiger partial charge in [0.2, 0.25) is 0 Å². The molecule has 2 atom stereocenters. The fourth-order valence-corrected chi connectivity index (χ4v) is 1.68. The summed E-state index contributed by atoms with van der Waals surface area (Å²) in [4.78, 5) is 0. The van der Waals surface area contributed by atoms with Crippen molar-refractivity contribution in [2.24, 2.45) is 5.92 Å². The molecule has 0 aromatic carbocycles. The zero-order chi connectivity index (χ0) is 12.8. The highest BCUT2D eigenvalue weighted by atomic mass is 16.3. The van der Waals surface area contributed by atoms with Gasteiger partial charge < -0.3 is 10.4 Å². The minimum Gasteiger partial charge on any atom is -0.396 e. The number of nitrogens with zero attached hydrogens (tertiary/aromatic N) is 2. The van der Waals surface area contributed by atoms with Gasteiger partial charge in [0.15, 0.2) is 0 Å². The number of aliphatic hydroxyl groups is 1. The van der Waals surface area contributed by atoms with Gasteiger partial charge in [-0.05, 0) is 39.7 Å². The standard InChI is InChI=1S/C13H25N3O/c1-10(2)16-9-13(8-15-16)12(4)14-7-11(3)5-6-17/h8-12,14,17H,5-7H2,1-4H3. The molecule has 2 unspecified atom stereocenters. The lowest BCUT2D eigenvalue weighted by Crippen LogP contribution is -2.24. The smallest absolute Gasteiger partial charge is 0.0537 e. The summed E-state index contributed by atoms with van der Waals surface area (Å²) in [5.74, 6) is 0.502. The molecule has 0 amide bonds. The molecular weight excluding hydrogens is 214 g/mol. The van der Waals surface area contributed by atoms with Gasteiger partial charge in [0.1, 0.15) is 0 Å². The molecule has 4 heteroatoms. The molecule has 98 valence electrons. The Morgan fingerprint density at radius 1 is 1.35 bits per heavy atom. The van der Waals surface area contributed by atoms with Gasteiger partial charge in [-0.15, -0.1) is 0 Å². The van der Waals surface area contributed by atoms with Crippen LogP contribution >= 0.6 is 0 Å². The van der Waals surface area contributed by atoms with E-state index in [0.29, 0.717) is 18.0 Å². The van der Waals surface area contributed by atoms with Crippen LogP contribution in [0.25, 0.3) is 0 Å². The Morgan fingerprint density at radius 2 is 2.06 bits per heavy atom. The average Bonchev–Trinajstić information content (AvgIpc) is 2.75. The van der Waals surface area contributed by atoms with Crippen molar-refractivity contribution in [2.45, 2.75) is 46.2 Å². The number of aliphatic hydroxyl groups excluding tert-OH is 1. The molecule has 4 nitrogen and oxygen atoms in total. The van der Waals surface area contributed by atoms with Gasteiger partial charge in [0.05, 0.1) is 6.20 Å². The van der Waals surface area contributed by atoms with Crippen LogP contribution in [0.5, 0.6) is 0 Å². The average molecular weight is 239 g/mol. The Bertz CT molecular complexity index is 322. The van der Waals surface area contributed by atoms with Gasteiger partial charge in [-0.1, -0.05) is 6.92 Å². The lowest BCUT2D eigenvalue weighted by Gasteiger charge is -2.16. The van der Waals surface area contributed by atoms with Crippen LogP contribution in [-0.4, -0.2) is 28.0 Å². The Hall–Kier alpha value is -0.870. The normalized spacial score (nSPS) is 15.2. The second kappa shape index (κ2) is 6.77. The summed E-state index contributed by atoms with van der Waals surface area (Å²) in [7, 11) is 0. The van der Waals surface area contributed by atoms with Crippen LogP contribution in [0.15, 0.2) is 12.4 Å². The summed E-state index contributed by atoms with van der Waals surface area (Å²) in [5.41, 5.74) is 1.22. The van der Waals surface area contributed by atoms with Crippen molar-refractivity contribution in [3.63, 3.8) is 0 Å². The largest absolute Gasteiger partial charge is 0.396 e. The van der Waals surface area contributed by atoms with Crippen LogP contribution in [0, 0.1) is 5.92 Å². The number of hydrogen-bond donors (Lipinski definition) is 2. The van der Waals surface area contributed by atoms with E-state index in [9.17, 15) is 0 Å². The second-order valence-corrected chi connectivity index (χ2v) is 5.09. The minimum atomic E-state index is 0.266. The van der Waals surface area contributed by atoms with E-state index >= 15 is 0 Å². The van der Waals surface area contributed by atoms with Gasteiger partial charge in [-0.2, -0.15) is 5.10 Å². The molecular formula is C13H25N3O. The van der Waals surface area contributed by atoms with Gasteiger partial charge >= 0.3 is 0 Å². The molecule has 0 aliphatic rings. The lowest BCUT2D eigenvalue weighted by atomic mass is 10.1. The number of hydrogen-bond acceptors (Lipinski definition) is 3. The first-order valence-electron chi connectivity index (χ1n) is 6.42. The van der Waals surface area contributed by atoms with Crippen LogP contribution in [0.3, 0.4) is 0 Å². The van der Waals surface area contributed by atoms with Gasteiger partial charge in [0, 0.05) is 30.5 Å². The predicted molar refractivity (Wildman–Crippen MR) is 69.9 cm³/mol. The van der Waals surface area contributed by atoms with Crippen molar-refractivity contribution < 1.29 is 5.11 Å². The van der Waals surface area contributed by atoms with E-state index < -0.39 is 0 Å². The number of nitrogens with one attached hydrogen (secondary N) is 1. The Labute approximate surface area is 104 Å². The van der Waals surface area contributed by atoms with E-state index in [0.717, 1.165) is 13.0 Å². The second-order valence-electron chi connectivity index (χ2n) is 5.09. The molecule has 0 radical (unpaired) electrons. The van der Waals surface area contributed by atoms with Gasteiger partial charge in [0.25, 0.3) is 0 Å². The maximum atomic E-state index is 8.84. The van der Waals surface area contributed by atoms with Crippen LogP contribution in [0.2, 0.25) is 0 Å². The first kappa shape index (κ1) is 14.2. The Balaban J connectivity index is 2.43. The molecule has 1 heterocycles. The molecule has 0 aliphatic carbocycles. The number of rotatable bonds is 7. The van der Waals surface area contributed by atoms with E-state index in [4.69, 9.17) is 5.11 Å². The summed E-state index contributed by atoms with van der Waals surface area (Å²) in [5, 5.41) is 16.7. The highest BCUT2D eigenvalue weighted by Crippen LogP contribution is 2.14. The van der Waals surface area contributed by atoms with Crippen molar-refractivity contribution in [2.75, 3.05) is 13.2 Å². The van der Waals surface area contributed by atoms with Crippen molar-refractivity contribution >= 4 is 0 Å². The molecule has 0 saturated carbocycles. The van der Waals surface area contributed by atoms with Crippen molar-refractivity contribution in [1.82, 2.24) is 15.1 Å². The van der Waals surface area contributed by atoms with E-state index in [1.54, 1.807) is 0 Å². The molecule has 1 aromatic heterocycles. The van der Waals surface area contributed by atoms with Crippen LogP contribution in [0.4, 0.5) is 0 Å². The highest BCUT2D eigenvalue weighted by Gasteiger charge is 2.10. The summed E-state index contributed by atoms with van der Waals surface area (Å²) >= 11 is 0. The van der Waals surface area contributed by atoms with Crippen LogP contribution < -0.4 is 5.32 Å². The molecule has 1 aromatic rings. The Kier molecular flexibility index (Phi) is 5.65. The van der Waals surface area contributed by atoms with Crippen molar-refractivity contribution in [3.8, 4) is 0 Å². The predicted octanol–water partition coefficient (Wildman–Crippen LogP) is 2.13. The minimum absolute atomic E-state index is 0.266. The first-order chi connectivity index (χ1) is 8.04. The SMILES string of the molecule is CC(CCO)CNC(C)c1cnn(C(C)C)c1. The highest BCUT2D eigenvalue weighted by molar-refractivity contribution is 5.09. The summed E-state index contributed by atoms with van der Waals surface area (Å²) < 4.78 is 1.98. The third-order valence-electron chi connectivity index (χ3n) is 3.04. The maximum Gasteiger partial charge on any atom is 0.0537 e. The van der Waals surface area contributed by atoms with Crippen molar-refractivity contribution in [1.29, 1.82) is 0 Å². The zero-order valence-corrected chi connectivity index (χ0v) is 11.3. The zero-order valence-electron chi connectivity index (χ0n) is 11.3. The van der Waals surface area contributed by atoms with Crippen LogP contribution in [0.1, 0.15) is 51.8 Å². The fourth-order valence-electron chi connectivity index (χ4n) is 1.68.